The molecule has 36 heavy (non-hydrogen) atoms. The largest absolute Gasteiger partial charge is 0.465 e. The highest BCUT2D eigenvalue weighted by Crippen LogP contribution is 2.45. The molecule has 2 heterocycles. The first-order chi connectivity index (χ1) is 17.3. The van der Waals surface area contributed by atoms with Gasteiger partial charge in [-0.1, -0.05) is 24.0 Å². The molecule has 0 unspecified atom stereocenters. The summed E-state index contributed by atoms with van der Waals surface area (Å²) < 4.78 is 17.4. The molecule has 8 atom stereocenters. The molecule has 5 N–H and O–H groups in total. The van der Waals surface area contributed by atoms with Crippen molar-refractivity contribution in [3.8, 4) is 11.8 Å². The summed E-state index contributed by atoms with van der Waals surface area (Å²) in [5.41, 5.74) is 1.07. The maximum absolute atomic E-state index is 11.8. The zero-order chi connectivity index (χ0) is 25.9. The first-order valence-electron chi connectivity index (χ1n) is 12.4. The first kappa shape index (κ1) is 26.8. The Morgan fingerprint density at radius 1 is 1.19 bits per heavy atom. The van der Waals surface area contributed by atoms with Crippen LogP contribution in [-0.4, -0.2) is 105 Å². The Labute approximate surface area is 210 Å². The van der Waals surface area contributed by atoms with Gasteiger partial charge in [-0.3, -0.25) is 0 Å². The van der Waals surface area contributed by atoms with E-state index in [2.05, 4.69) is 11.8 Å². The number of carboxylic acid groups (broad SMARTS) is 1. The first-order valence-corrected chi connectivity index (χ1v) is 12.4. The van der Waals surface area contributed by atoms with Crippen LogP contribution in [0.3, 0.4) is 0 Å². The quantitative estimate of drug-likeness (QED) is 0.275. The fourth-order valence-electron chi connectivity index (χ4n) is 5.62. The summed E-state index contributed by atoms with van der Waals surface area (Å²) >= 11 is 0. The van der Waals surface area contributed by atoms with Crippen molar-refractivity contribution >= 4 is 6.09 Å². The Morgan fingerprint density at radius 2 is 2.00 bits per heavy atom. The minimum Gasteiger partial charge on any atom is -0.465 e. The molecule has 4 rings (SSSR count). The van der Waals surface area contributed by atoms with Crippen molar-refractivity contribution in [2.75, 3.05) is 26.4 Å². The number of ether oxygens (including phenoxy) is 3. The van der Waals surface area contributed by atoms with Crippen LogP contribution in [0.25, 0.3) is 0 Å². The number of hydrogen-bond donors (Lipinski definition) is 5. The average molecular weight is 506 g/mol. The van der Waals surface area contributed by atoms with Gasteiger partial charge in [0.1, 0.15) is 30.0 Å². The molecular weight excluding hydrogens is 470 g/mol. The predicted octanol–water partition coefficient (Wildman–Crippen LogP) is 0.471. The molecule has 1 aliphatic carbocycles. The Balaban J connectivity index is 1.48. The molecule has 3 aliphatic rings. The molecule has 0 radical (unpaired) electrons. The van der Waals surface area contributed by atoms with Gasteiger partial charge in [-0.15, -0.1) is 0 Å². The van der Waals surface area contributed by atoms with Gasteiger partial charge in [0.15, 0.2) is 6.29 Å². The summed E-state index contributed by atoms with van der Waals surface area (Å²) in [5.74, 6) is 6.50. The monoisotopic (exact) mass is 505 g/mol. The molecule has 198 valence electrons. The van der Waals surface area contributed by atoms with Crippen molar-refractivity contribution in [1.82, 2.24) is 4.90 Å². The van der Waals surface area contributed by atoms with Gasteiger partial charge in [-0.2, -0.15) is 0 Å². The van der Waals surface area contributed by atoms with Crippen LogP contribution < -0.4 is 0 Å². The van der Waals surface area contributed by atoms with Crippen LogP contribution in [0.2, 0.25) is 0 Å². The van der Waals surface area contributed by atoms with Gasteiger partial charge in [0.05, 0.1) is 19.8 Å². The predicted molar refractivity (Wildman–Crippen MR) is 127 cm³/mol. The van der Waals surface area contributed by atoms with Gasteiger partial charge >= 0.3 is 6.09 Å². The van der Waals surface area contributed by atoms with Crippen molar-refractivity contribution in [3.63, 3.8) is 0 Å². The van der Waals surface area contributed by atoms with E-state index in [-0.39, 0.29) is 25.2 Å². The lowest BCUT2D eigenvalue weighted by molar-refractivity contribution is -0.303. The molecule has 10 nitrogen and oxygen atoms in total. The van der Waals surface area contributed by atoms with E-state index >= 15 is 0 Å². The van der Waals surface area contributed by atoms with Crippen molar-refractivity contribution in [2.24, 2.45) is 5.92 Å². The highest BCUT2D eigenvalue weighted by Gasteiger charge is 2.52. The summed E-state index contributed by atoms with van der Waals surface area (Å²) in [6.07, 6.45) is -4.88. The number of aryl methyl sites for hydroxylation is 1. The van der Waals surface area contributed by atoms with E-state index < -0.39 is 49.0 Å². The lowest BCUT2D eigenvalue weighted by Gasteiger charge is -2.43. The smallest absolute Gasteiger partial charge is 0.407 e. The number of aliphatic hydroxyl groups excluding tert-OH is 4. The third-order valence-corrected chi connectivity index (χ3v) is 7.45. The van der Waals surface area contributed by atoms with Crippen LogP contribution in [0.15, 0.2) is 24.3 Å². The number of amides is 1. The van der Waals surface area contributed by atoms with Crippen molar-refractivity contribution in [1.29, 1.82) is 0 Å². The Kier molecular flexibility index (Phi) is 8.52. The molecule has 2 aliphatic heterocycles. The number of rotatable bonds is 6. The number of hydrogen-bond acceptors (Lipinski definition) is 8. The number of likely N-dealkylation sites (tertiary alicyclic amines) is 1. The molecule has 3 fully saturated rings. The number of carbonyl (C=O) groups is 1. The zero-order valence-corrected chi connectivity index (χ0v) is 20.3. The summed E-state index contributed by atoms with van der Waals surface area (Å²) in [7, 11) is 0. The van der Waals surface area contributed by atoms with E-state index in [4.69, 9.17) is 14.2 Å². The Hall–Kier alpha value is -2.23. The fourth-order valence-corrected chi connectivity index (χ4v) is 5.62. The normalized spacial score (nSPS) is 36.1. The van der Waals surface area contributed by atoms with E-state index in [9.17, 15) is 30.3 Å². The maximum Gasteiger partial charge on any atom is 0.407 e. The molecule has 1 saturated carbocycles. The molecule has 0 spiro atoms. The van der Waals surface area contributed by atoms with E-state index in [0.717, 1.165) is 24.0 Å². The second-order valence-electron chi connectivity index (χ2n) is 9.76. The Bertz CT molecular complexity index is 976. The molecule has 10 heteroatoms. The highest BCUT2D eigenvalue weighted by atomic mass is 16.7. The van der Waals surface area contributed by atoms with Gasteiger partial charge < -0.3 is 44.6 Å². The Morgan fingerprint density at radius 3 is 2.72 bits per heavy atom. The van der Waals surface area contributed by atoms with E-state index in [0.29, 0.717) is 19.4 Å². The number of nitrogens with zero attached hydrogens (tertiary/aromatic N) is 1. The molecule has 2 saturated heterocycles. The number of benzene rings is 1. The van der Waals surface area contributed by atoms with Crippen LogP contribution >= 0.6 is 0 Å². The SMILES string of the molecule is Cc1cccc(C#C[C@]2(OCCO[C@H]3O[C@H](CO)[C@@H](O)[C@H](O)[C@H]3O)CCC[C@@H]3[C@H]2CCN3C(=O)O)c1. The van der Waals surface area contributed by atoms with Gasteiger partial charge in [0.25, 0.3) is 0 Å². The standard InChI is InChI=1S/C26H35NO9/c1-16-4-2-5-17(14-16)7-10-26(9-3-6-19-18(26)8-11-27(19)25(32)33)35-13-12-34-24-23(31)22(30)21(29)20(15-28)36-24/h2,4-5,14,18-24,28-31H,3,6,8-9,11-13,15H2,1H3,(H,32,33)/t18-,19-,20-,21-,22+,23-,24+,26-/m1/s1. The summed E-state index contributed by atoms with van der Waals surface area (Å²) in [5, 5.41) is 49.1. The molecular formula is C26H35NO9. The van der Waals surface area contributed by atoms with E-state index in [1.807, 2.05) is 31.2 Å². The second kappa shape index (κ2) is 11.4. The third kappa shape index (κ3) is 5.53. The van der Waals surface area contributed by atoms with E-state index in [1.54, 1.807) is 0 Å². The summed E-state index contributed by atoms with van der Waals surface area (Å²) in [6, 6.07) is 7.67. The highest BCUT2D eigenvalue weighted by molar-refractivity contribution is 5.66. The second-order valence-corrected chi connectivity index (χ2v) is 9.76. The third-order valence-electron chi connectivity index (χ3n) is 7.45. The topological polar surface area (TPSA) is 149 Å². The van der Waals surface area contributed by atoms with Crippen LogP contribution in [0, 0.1) is 24.7 Å². The summed E-state index contributed by atoms with van der Waals surface area (Å²) in [6.45, 7) is 1.97. The van der Waals surface area contributed by atoms with Crippen LogP contribution in [-0.2, 0) is 14.2 Å². The van der Waals surface area contributed by atoms with Gasteiger partial charge in [0.2, 0.25) is 0 Å². The van der Waals surface area contributed by atoms with Crippen molar-refractivity contribution < 1.29 is 44.5 Å². The molecule has 1 amide bonds. The van der Waals surface area contributed by atoms with E-state index in [1.165, 1.54) is 4.90 Å². The van der Waals surface area contributed by atoms with Crippen LogP contribution in [0.4, 0.5) is 4.79 Å². The molecule has 1 aromatic carbocycles. The van der Waals surface area contributed by atoms with Crippen molar-refractivity contribution in [3.05, 3.63) is 35.4 Å². The molecule has 0 bridgehead atoms. The molecule has 0 aromatic heterocycles. The minimum absolute atomic E-state index is 0.00338. The fraction of sp³-hybridized carbons (Fsp3) is 0.654. The van der Waals surface area contributed by atoms with Gasteiger partial charge in [-0.25, -0.2) is 4.79 Å². The van der Waals surface area contributed by atoms with Gasteiger partial charge in [0, 0.05) is 24.1 Å². The lowest BCUT2D eigenvalue weighted by Crippen LogP contribution is -2.59. The molecule has 1 aromatic rings. The lowest BCUT2D eigenvalue weighted by atomic mass is 9.72. The average Bonchev–Trinajstić information content (AvgIpc) is 3.31. The van der Waals surface area contributed by atoms with Gasteiger partial charge in [-0.05, 0) is 50.3 Å². The zero-order valence-electron chi connectivity index (χ0n) is 20.3. The van der Waals surface area contributed by atoms with Crippen LogP contribution in [0.1, 0.15) is 36.8 Å². The minimum atomic E-state index is -1.52. The summed E-state index contributed by atoms with van der Waals surface area (Å²) in [4.78, 5) is 13.3. The maximum atomic E-state index is 11.8. The number of aliphatic hydroxyl groups is 4. The van der Waals surface area contributed by atoms with Crippen molar-refractivity contribution in [2.45, 2.75) is 75.0 Å². The number of fused-ring (bicyclic) bond motifs is 1. The van der Waals surface area contributed by atoms with Crippen LogP contribution in [0.5, 0.6) is 0 Å².